The highest BCUT2D eigenvalue weighted by molar-refractivity contribution is 7.25. The standard InChI is InChI=1S/C22H13ClN2O2S2/c1-10-24-19-17-16(11-2-4-12(23)5-3-11)14-6-7-15-13(8-9-28-15)18(14)25-21(17)29-20(19)22(26)27-10/h2-5,8-9H,6-7H2,1H3. The molecule has 0 saturated heterocycles. The van der Waals surface area contributed by atoms with Gasteiger partial charge in [-0.2, -0.15) is 0 Å². The van der Waals surface area contributed by atoms with E-state index in [1.165, 1.54) is 27.3 Å². The summed E-state index contributed by atoms with van der Waals surface area (Å²) in [6.07, 6.45) is 1.89. The molecule has 0 atom stereocenters. The summed E-state index contributed by atoms with van der Waals surface area (Å²) >= 11 is 9.29. The topological polar surface area (TPSA) is 56.0 Å². The molecule has 1 aromatic carbocycles. The van der Waals surface area contributed by atoms with Crippen molar-refractivity contribution >= 4 is 54.7 Å². The lowest BCUT2D eigenvalue weighted by Gasteiger charge is -2.20. The van der Waals surface area contributed by atoms with Crippen LogP contribution < -0.4 is 5.63 Å². The molecule has 1 aliphatic carbocycles. The third-order valence-corrected chi connectivity index (χ3v) is 7.63. The minimum absolute atomic E-state index is 0.355. The highest BCUT2D eigenvalue weighted by atomic mass is 35.5. The molecule has 0 radical (unpaired) electrons. The average molecular weight is 437 g/mol. The monoisotopic (exact) mass is 436 g/mol. The Balaban J connectivity index is 1.83. The van der Waals surface area contributed by atoms with Crippen molar-refractivity contribution < 1.29 is 4.42 Å². The van der Waals surface area contributed by atoms with Gasteiger partial charge < -0.3 is 4.42 Å². The predicted octanol–water partition coefficient (Wildman–Crippen LogP) is 6.25. The van der Waals surface area contributed by atoms with Gasteiger partial charge in [-0.05, 0) is 53.1 Å². The zero-order chi connectivity index (χ0) is 19.7. The summed E-state index contributed by atoms with van der Waals surface area (Å²) in [5, 5.41) is 3.75. The Morgan fingerprint density at radius 2 is 1.93 bits per heavy atom. The molecule has 4 heterocycles. The second-order valence-corrected chi connectivity index (χ2v) is 9.49. The first kappa shape index (κ1) is 17.3. The molecule has 7 heteroatoms. The van der Waals surface area contributed by atoms with Crippen LogP contribution in [0.5, 0.6) is 0 Å². The molecule has 5 aromatic rings. The lowest BCUT2D eigenvalue weighted by molar-refractivity contribution is 0.468. The third kappa shape index (κ3) is 2.53. The summed E-state index contributed by atoms with van der Waals surface area (Å²) < 4.78 is 5.77. The molecule has 0 unspecified atom stereocenters. The van der Waals surface area contributed by atoms with Gasteiger partial charge in [0.2, 0.25) is 0 Å². The van der Waals surface area contributed by atoms with Crippen molar-refractivity contribution in [1.82, 2.24) is 9.97 Å². The number of aromatic nitrogens is 2. The van der Waals surface area contributed by atoms with Crippen molar-refractivity contribution in [3.8, 4) is 22.4 Å². The largest absolute Gasteiger partial charge is 0.408 e. The number of pyridine rings is 1. The van der Waals surface area contributed by atoms with E-state index in [4.69, 9.17) is 21.0 Å². The van der Waals surface area contributed by atoms with Gasteiger partial charge in [0.1, 0.15) is 15.0 Å². The molecule has 0 amide bonds. The van der Waals surface area contributed by atoms with Crippen molar-refractivity contribution in [3.63, 3.8) is 0 Å². The van der Waals surface area contributed by atoms with Crippen LogP contribution in [0.2, 0.25) is 5.02 Å². The SMILES string of the molecule is Cc1nc2c(sc3nc4c(c(-c5ccc(Cl)cc5)c32)CCc2sccc2-4)c(=O)o1. The molecule has 0 saturated carbocycles. The molecule has 0 spiro atoms. The number of fused-ring (bicyclic) bond motifs is 6. The van der Waals surface area contributed by atoms with Crippen LogP contribution in [0.1, 0.15) is 16.3 Å². The van der Waals surface area contributed by atoms with Gasteiger partial charge in [-0.15, -0.1) is 22.7 Å². The summed E-state index contributed by atoms with van der Waals surface area (Å²) in [4.78, 5) is 24.3. The van der Waals surface area contributed by atoms with Gasteiger partial charge in [-0.3, -0.25) is 0 Å². The zero-order valence-corrected chi connectivity index (χ0v) is 17.7. The number of hydrogen-bond acceptors (Lipinski definition) is 6. The van der Waals surface area contributed by atoms with Gasteiger partial charge in [-0.25, -0.2) is 14.8 Å². The Bertz CT molecular complexity index is 1500. The van der Waals surface area contributed by atoms with E-state index in [0.29, 0.717) is 21.1 Å². The first-order valence-electron chi connectivity index (χ1n) is 9.19. The van der Waals surface area contributed by atoms with Gasteiger partial charge in [0, 0.05) is 27.8 Å². The molecule has 6 rings (SSSR count). The van der Waals surface area contributed by atoms with Crippen LogP contribution in [0.15, 0.2) is 44.9 Å². The highest BCUT2D eigenvalue weighted by Crippen LogP contribution is 2.46. The molecule has 29 heavy (non-hydrogen) atoms. The van der Waals surface area contributed by atoms with E-state index in [-0.39, 0.29) is 5.63 Å². The van der Waals surface area contributed by atoms with Crippen molar-refractivity contribution in [2.45, 2.75) is 19.8 Å². The maximum atomic E-state index is 12.5. The molecule has 0 N–H and O–H groups in total. The van der Waals surface area contributed by atoms with Crippen LogP contribution in [0.4, 0.5) is 0 Å². The molecule has 0 bridgehead atoms. The molecule has 1 aliphatic rings. The molecule has 0 aliphatic heterocycles. The molecule has 4 nitrogen and oxygen atoms in total. The maximum absolute atomic E-state index is 12.5. The quantitative estimate of drug-likeness (QED) is 0.311. The Morgan fingerprint density at radius 1 is 1.10 bits per heavy atom. The van der Waals surface area contributed by atoms with Crippen molar-refractivity contribution in [1.29, 1.82) is 0 Å². The maximum Gasteiger partial charge on any atom is 0.357 e. The van der Waals surface area contributed by atoms with Gasteiger partial charge in [0.05, 0.1) is 5.69 Å². The van der Waals surface area contributed by atoms with Gasteiger partial charge in [0.25, 0.3) is 0 Å². The van der Waals surface area contributed by atoms with Crippen molar-refractivity contribution in [2.75, 3.05) is 0 Å². The Morgan fingerprint density at radius 3 is 2.76 bits per heavy atom. The molecule has 0 fully saturated rings. The Hall–Kier alpha value is -2.54. The van der Waals surface area contributed by atoms with Crippen molar-refractivity contribution in [2.24, 2.45) is 0 Å². The number of aryl methyl sites for hydroxylation is 2. The molecule has 142 valence electrons. The molecule has 4 aromatic heterocycles. The number of hydrogen-bond donors (Lipinski definition) is 0. The fourth-order valence-corrected chi connectivity index (χ4v) is 6.15. The minimum atomic E-state index is -0.355. The van der Waals surface area contributed by atoms with Crippen molar-refractivity contribution in [3.05, 3.63) is 67.5 Å². The summed E-state index contributed by atoms with van der Waals surface area (Å²) in [5.74, 6) is 0.363. The lowest BCUT2D eigenvalue weighted by Crippen LogP contribution is -2.06. The first-order valence-corrected chi connectivity index (χ1v) is 11.3. The van der Waals surface area contributed by atoms with Crippen LogP contribution in [-0.2, 0) is 12.8 Å². The minimum Gasteiger partial charge on any atom is -0.408 e. The summed E-state index contributed by atoms with van der Waals surface area (Å²) in [6.45, 7) is 1.70. The average Bonchev–Trinajstić information content (AvgIpc) is 3.32. The van der Waals surface area contributed by atoms with E-state index in [0.717, 1.165) is 39.9 Å². The fraction of sp³-hybridized carbons (Fsp3) is 0.136. The summed E-state index contributed by atoms with van der Waals surface area (Å²) in [6, 6.07) is 10.0. The normalized spacial score (nSPS) is 13.0. The third-order valence-electron chi connectivity index (χ3n) is 5.35. The Labute approximate surface area is 178 Å². The van der Waals surface area contributed by atoms with Gasteiger partial charge in [-0.1, -0.05) is 23.7 Å². The fourth-order valence-electron chi connectivity index (χ4n) is 4.14. The second-order valence-electron chi connectivity index (χ2n) is 7.06. The predicted molar refractivity (Wildman–Crippen MR) is 119 cm³/mol. The first-order chi connectivity index (χ1) is 14.1. The van der Waals surface area contributed by atoms with E-state index in [1.54, 1.807) is 18.3 Å². The summed E-state index contributed by atoms with van der Waals surface area (Å²) in [7, 11) is 0. The van der Waals surface area contributed by atoms with Crippen LogP contribution in [0.3, 0.4) is 0 Å². The highest BCUT2D eigenvalue weighted by Gasteiger charge is 2.27. The van der Waals surface area contributed by atoms with Crippen LogP contribution in [-0.4, -0.2) is 9.97 Å². The van der Waals surface area contributed by atoms with E-state index >= 15 is 0 Å². The van der Waals surface area contributed by atoms with E-state index in [9.17, 15) is 4.79 Å². The van der Waals surface area contributed by atoms with Gasteiger partial charge >= 0.3 is 5.63 Å². The Kier molecular flexibility index (Phi) is 3.72. The number of thiophene rings is 2. The van der Waals surface area contributed by atoms with Crippen LogP contribution in [0, 0.1) is 6.92 Å². The summed E-state index contributed by atoms with van der Waals surface area (Å²) in [5.41, 5.74) is 5.89. The van der Waals surface area contributed by atoms with E-state index in [2.05, 4.69) is 16.4 Å². The lowest BCUT2D eigenvalue weighted by atomic mass is 9.87. The number of nitrogens with zero attached hydrogens (tertiary/aromatic N) is 2. The van der Waals surface area contributed by atoms with Crippen LogP contribution in [0.25, 0.3) is 42.8 Å². The number of halogens is 1. The van der Waals surface area contributed by atoms with Crippen LogP contribution >= 0.6 is 34.3 Å². The smallest absolute Gasteiger partial charge is 0.357 e. The zero-order valence-electron chi connectivity index (χ0n) is 15.3. The molecular weight excluding hydrogens is 424 g/mol. The van der Waals surface area contributed by atoms with Gasteiger partial charge in [0.15, 0.2) is 5.89 Å². The number of rotatable bonds is 1. The number of benzene rings is 1. The molecular formula is C22H13ClN2O2S2. The van der Waals surface area contributed by atoms with E-state index < -0.39 is 0 Å². The second kappa shape index (κ2) is 6.23. The van der Waals surface area contributed by atoms with E-state index in [1.807, 2.05) is 24.3 Å².